The third kappa shape index (κ3) is 3.59. The van der Waals surface area contributed by atoms with Crippen LogP contribution in [0.25, 0.3) is 0 Å². The van der Waals surface area contributed by atoms with E-state index in [0.29, 0.717) is 17.8 Å². The molecule has 0 fully saturated rings. The topological polar surface area (TPSA) is 49.7 Å². The van der Waals surface area contributed by atoms with Gasteiger partial charge in [-0.3, -0.25) is 0 Å². The molecule has 0 radical (unpaired) electrons. The van der Waals surface area contributed by atoms with E-state index in [0.717, 1.165) is 5.56 Å². The van der Waals surface area contributed by atoms with Gasteiger partial charge in [-0.2, -0.15) is 0 Å². The maximum Gasteiger partial charge on any atom is 0.488 e. The predicted molar refractivity (Wildman–Crippen MR) is 76.5 cm³/mol. The lowest BCUT2D eigenvalue weighted by atomic mass is 9.80. The van der Waals surface area contributed by atoms with Crippen molar-refractivity contribution < 1.29 is 14.8 Å². The second kappa shape index (κ2) is 5.91. The Morgan fingerprint density at radius 3 is 2.58 bits per heavy atom. The highest BCUT2D eigenvalue weighted by Gasteiger charge is 2.11. The van der Waals surface area contributed by atoms with Gasteiger partial charge in [0.15, 0.2) is 0 Å². The largest absolute Gasteiger partial charge is 0.489 e. The van der Waals surface area contributed by atoms with Crippen LogP contribution < -0.4 is 10.2 Å². The van der Waals surface area contributed by atoms with Gasteiger partial charge in [-0.1, -0.05) is 35.9 Å². The Labute approximate surface area is 113 Å². The molecule has 0 unspecified atom stereocenters. The summed E-state index contributed by atoms with van der Waals surface area (Å²) < 4.78 is 5.70. The van der Waals surface area contributed by atoms with Crippen LogP contribution >= 0.6 is 0 Å². The third-order valence-corrected chi connectivity index (χ3v) is 3.06. The first-order chi connectivity index (χ1) is 9.06. The van der Waals surface area contributed by atoms with E-state index in [2.05, 4.69) is 18.2 Å². The van der Waals surface area contributed by atoms with E-state index < -0.39 is 7.12 Å². The summed E-state index contributed by atoms with van der Waals surface area (Å²) in [6, 6.07) is 13.1. The lowest BCUT2D eigenvalue weighted by Crippen LogP contribution is -2.29. The quantitative estimate of drug-likeness (QED) is 0.816. The summed E-state index contributed by atoms with van der Waals surface area (Å²) >= 11 is 0. The summed E-state index contributed by atoms with van der Waals surface area (Å²) in [5.74, 6) is 0.631. The molecule has 2 aromatic carbocycles. The van der Waals surface area contributed by atoms with Crippen molar-refractivity contribution in [3.05, 3.63) is 59.2 Å². The van der Waals surface area contributed by atoms with Crippen LogP contribution in [0.15, 0.2) is 42.5 Å². The van der Waals surface area contributed by atoms with Gasteiger partial charge in [0.05, 0.1) is 0 Å². The van der Waals surface area contributed by atoms with Crippen LogP contribution in [0.4, 0.5) is 0 Å². The highest BCUT2D eigenvalue weighted by atomic mass is 16.5. The highest BCUT2D eigenvalue weighted by molar-refractivity contribution is 6.58. The molecule has 2 rings (SSSR count). The van der Waals surface area contributed by atoms with Gasteiger partial charge in [0, 0.05) is 0 Å². The van der Waals surface area contributed by atoms with Gasteiger partial charge >= 0.3 is 7.12 Å². The van der Waals surface area contributed by atoms with Crippen LogP contribution in [0, 0.1) is 13.8 Å². The Hall–Kier alpha value is -1.78. The molecule has 3 nitrogen and oxygen atoms in total. The summed E-state index contributed by atoms with van der Waals surface area (Å²) in [5, 5.41) is 18.2. The van der Waals surface area contributed by atoms with E-state index in [1.807, 2.05) is 13.8 Å². The Morgan fingerprint density at radius 1 is 1.05 bits per heavy atom. The molecule has 0 aromatic heterocycles. The fourth-order valence-electron chi connectivity index (χ4n) is 1.88. The van der Waals surface area contributed by atoms with Crippen LogP contribution in [0.2, 0.25) is 0 Å². The molecule has 0 aliphatic carbocycles. The summed E-state index contributed by atoms with van der Waals surface area (Å²) in [7, 11) is -1.47. The zero-order chi connectivity index (χ0) is 13.8. The van der Waals surface area contributed by atoms with Gasteiger partial charge in [0.25, 0.3) is 0 Å². The van der Waals surface area contributed by atoms with Crippen molar-refractivity contribution >= 4 is 12.6 Å². The van der Waals surface area contributed by atoms with E-state index in [4.69, 9.17) is 14.8 Å². The molecule has 19 heavy (non-hydrogen) atoms. The first-order valence-electron chi connectivity index (χ1n) is 6.21. The highest BCUT2D eigenvalue weighted by Crippen LogP contribution is 2.15. The summed E-state index contributed by atoms with van der Waals surface area (Å²) in [4.78, 5) is 0. The van der Waals surface area contributed by atoms with E-state index in [1.54, 1.807) is 24.3 Å². The molecule has 2 N–H and O–H groups in total. The molecule has 2 aromatic rings. The number of rotatable bonds is 4. The third-order valence-electron chi connectivity index (χ3n) is 3.06. The minimum atomic E-state index is -1.47. The maximum atomic E-state index is 9.11. The predicted octanol–water partition coefficient (Wildman–Crippen LogP) is 1.56. The molecule has 0 saturated carbocycles. The average molecular weight is 256 g/mol. The van der Waals surface area contributed by atoms with Gasteiger partial charge in [-0.25, -0.2) is 0 Å². The minimum Gasteiger partial charge on any atom is -0.489 e. The average Bonchev–Trinajstić information content (AvgIpc) is 2.40. The van der Waals surface area contributed by atoms with Crippen LogP contribution in [0.3, 0.4) is 0 Å². The standard InChI is InChI=1S/C15H17BO3/c1-11-6-7-12(2)13(8-11)10-19-15-5-3-4-14(9-15)16(17)18/h3-9,17-18H,10H2,1-2H3. The maximum absolute atomic E-state index is 9.11. The molecule has 0 spiro atoms. The molecule has 0 heterocycles. The molecule has 0 amide bonds. The van der Waals surface area contributed by atoms with E-state index in [9.17, 15) is 0 Å². The molecule has 0 atom stereocenters. The Balaban J connectivity index is 2.10. The smallest absolute Gasteiger partial charge is 0.488 e. The van der Waals surface area contributed by atoms with Gasteiger partial charge in [0.2, 0.25) is 0 Å². The van der Waals surface area contributed by atoms with Crippen molar-refractivity contribution in [2.24, 2.45) is 0 Å². The zero-order valence-corrected chi connectivity index (χ0v) is 11.1. The number of hydrogen-bond donors (Lipinski definition) is 2. The number of aryl methyl sites for hydroxylation is 2. The number of benzene rings is 2. The molecule has 0 aliphatic rings. The first-order valence-corrected chi connectivity index (χ1v) is 6.21. The van der Waals surface area contributed by atoms with Crippen molar-refractivity contribution in [3.63, 3.8) is 0 Å². The Morgan fingerprint density at radius 2 is 1.84 bits per heavy atom. The van der Waals surface area contributed by atoms with Crippen molar-refractivity contribution in [2.75, 3.05) is 0 Å². The van der Waals surface area contributed by atoms with Crippen molar-refractivity contribution in [1.29, 1.82) is 0 Å². The first kappa shape index (κ1) is 13.7. The molecule has 0 bridgehead atoms. The molecular weight excluding hydrogens is 239 g/mol. The van der Waals surface area contributed by atoms with Gasteiger partial charge in [-0.05, 0) is 42.6 Å². The van der Waals surface area contributed by atoms with Gasteiger partial charge in [-0.15, -0.1) is 0 Å². The van der Waals surface area contributed by atoms with Gasteiger partial charge in [0.1, 0.15) is 12.4 Å². The van der Waals surface area contributed by atoms with Crippen molar-refractivity contribution in [1.82, 2.24) is 0 Å². The second-order valence-electron chi connectivity index (χ2n) is 4.66. The number of ether oxygens (including phenoxy) is 1. The van der Waals surface area contributed by atoms with E-state index in [1.165, 1.54) is 11.1 Å². The molecule has 0 aliphatic heterocycles. The summed E-state index contributed by atoms with van der Waals surface area (Å²) in [6.45, 7) is 4.57. The fourth-order valence-corrected chi connectivity index (χ4v) is 1.88. The van der Waals surface area contributed by atoms with Crippen molar-refractivity contribution in [3.8, 4) is 5.75 Å². The van der Waals surface area contributed by atoms with E-state index >= 15 is 0 Å². The Bertz CT molecular complexity index is 567. The van der Waals surface area contributed by atoms with Crippen LogP contribution in [0.1, 0.15) is 16.7 Å². The van der Waals surface area contributed by atoms with Crippen LogP contribution in [0.5, 0.6) is 5.75 Å². The van der Waals surface area contributed by atoms with Gasteiger partial charge < -0.3 is 14.8 Å². The normalized spacial score (nSPS) is 10.3. The summed E-state index contributed by atoms with van der Waals surface area (Å²) in [6.07, 6.45) is 0. The Kier molecular flexibility index (Phi) is 4.25. The van der Waals surface area contributed by atoms with E-state index in [-0.39, 0.29) is 0 Å². The van der Waals surface area contributed by atoms with Crippen molar-refractivity contribution in [2.45, 2.75) is 20.5 Å². The lowest BCUT2D eigenvalue weighted by molar-refractivity contribution is 0.305. The molecule has 0 saturated heterocycles. The van der Waals surface area contributed by atoms with Crippen LogP contribution in [-0.4, -0.2) is 17.2 Å². The fraction of sp³-hybridized carbons (Fsp3) is 0.200. The zero-order valence-electron chi connectivity index (χ0n) is 11.1. The molecule has 4 heteroatoms. The summed E-state index contributed by atoms with van der Waals surface area (Å²) in [5.41, 5.74) is 3.95. The van der Waals surface area contributed by atoms with Crippen LogP contribution in [-0.2, 0) is 6.61 Å². The lowest BCUT2D eigenvalue weighted by Gasteiger charge is -2.10. The molecule has 98 valence electrons. The number of hydrogen-bond acceptors (Lipinski definition) is 3. The SMILES string of the molecule is Cc1ccc(C)c(COc2cccc(B(O)O)c2)c1. The second-order valence-corrected chi connectivity index (χ2v) is 4.66. The monoisotopic (exact) mass is 256 g/mol. The minimum absolute atomic E-state index is 0.429. The molecular formula is C15H17BO3.